The summed E-state index contributed by atoms with van der Waals surface area (Å²) in [5.41, 5.74) is 1.70. The van der Waals surface area contributed by atoms with Gasteiger partial charge in [-0.05, 0) is 38.1 Å². The van der Waals surface area contributed by atoms with E-state index in [-0.39, 0.29) is 53.4 Å². The Morgan fingerprint density at radius 1 is 1.16 bits per heavy atom. The van der Waals surface area contributed by atoms with Crippen molar-refractivity contribution in [3.05, 3.63) is 95.2 Å². The molecule has 1 atom stereocenters. The van der Waals surface area contributed by atoms with E-state index in [2.05, 4.69) is 14.7 Å². The summed E-state index contributed by atoms with van der Waals surface area (Å²) < 4.78 is 74.7. The van der Waals surface area contributed by atoms with Crippen LogP contribution in [0.5, 0.6) is 17.2 Å². The predicted molar refractivity (Wildman–Crippen MR) is 156 cm³/mol. The van der Waals surface area contributed by atoms with Crippen LogP contribution in [0.3, 0.4) is 0 Å². The highest BCUT2D eigenvalue weighted by Gasteiger charge is 2.40. The van der Waals surface area contributed by atoms with Crippen molar-refractivity contribution >= 4 is 29.5 Å². The normalized spacial score (nSPS) is 15.5. The molecule has 0 bridgehead atoms. The quantitative estimate of drug-likeness (QED) is 0.143. The molecule has 0 spiro atoms. The van der Waals surface area contributed by atoms with Crippen LogP contribution < -0.4 is 9.47 Å². The van der Waals surface area contributed by atoms with Crippen LogP contribution in [0.2, 0.25) is 0 Å². The number of aldehydes is 1. The molecule has 224 valence electrons. The largest absolute Gasteiger partial charge is 0.492 e. The lowest BCUT2D eigenvalue weighted by Crippen LogP contribution is -2.25. The molecule has 1 N–H and O–H groups in total. The summed E-state index contributed by atoms with van der Waals surface area (Å²) in [6.45, 7) is 5.02. The molecular formula is C31H27F4N3O4S. The number of hydrogen-bond acceptors (Lipinski definition) is 6. The number of hydrogen-bond donors (Lipinski definition) is 1. The van der Waals surface area contributed by atoms with Crippen LogP contribution in [-0.2, 0) is 21.4 Å². The third kappa shape index (κ3) is 5.59. The number of carbonyl (C=O) groups excluding carboxylic acids is 1. The van der Waals surface area contributed by atoms with E-state index in [9.17, 15) is 17.5 Å². The molecular weight excluding hydrogens is 586 g/mol. The van der Waals surface area contributed by atoms with Crippen LogP contribution in [0.25, 0.3) is 22.3 Å². The lowest BCUT2D eigenvalue weighted by Gasteiger charge is -2.21. The van der Waals surface area contributed by atoms with Gasteiger partial charge < -0.3 is 24.0 Å². The van der Waals surface area contributed by atoms with Crippen molar-refractivity contribution < 1.29 is 36.1 Å². The minimum atomic E-state index is -1.04. The van der Waals surface area contributed by atoms with E-state index in [0.717, 1.165) is 40.1 Å². The van der Waals surface area contributed by atoms with Crippen molar-refractivity contribution in [2.75, 3.05) is 20.3 Å². The number of aromatic nitrogens is 3. The fraction of sp³-hybridized carbons (Fsp3) is 0.226. The summed E-state index contributed by atoms with van der Waals surface area (Å²) in [7, 11) is 1.68. The Balaban J connectivity index is 0.000000868. The van der Waals surface area contributed by atoms with Gasteiger partial charge in [-0.1, -0.05) is 18.2 Å². The molecule has 2 aromatic heterocycles. The number of carbonyl (C=O) groups is 1. The monoisotopic (exact) mass is 613 g/mol. The fourth-order valence-electron chi connectivity index (χ4n) is 4.88. The molecule has 1 aliphatic heterocycles. The van der Waals surface area contributed by atoms with Crippen LogP contribution in [0.1, 0.15) is 30.7 Å². The number of nitrogens with zero attached hydrogens (tertiary/aromatic N) is 2. The topological polar surface area (TPSA) is 78.4 Å². The van der Waals surface area contributed by atoms with Gasteiger partial charge in [-0.25, -0.2) is 18.2 Å². The summed E-state index contributed by atoms with van der Waals surface area (Å²) in [6.07, 6.45) is 3.88. The number of benzene rings is 3. The summed E-state index contributed by atoms with van der Waals surface area (Å²) >= 11 is -0.188. The molecule has 0 fully saturated rings. The second-order valence-corrected chi connectivity index (χ2v) is 10.4. The third-order valence-corrected chi connectivity index (χ3v) is 7.72. The second-order valence-electron chi connectivity index (χ2n) is 9.90. The molecule has 0 saturated heterocycles. The van der Waals surface area contributed by atoms with E-state index in [1.54, 1.807) is 13.3 Å². The fourth-order valence-corrected chi connectivity index (χ4v) is 5.22. The molecule has 5 aromatic rings. The van der Waals surface area contributed by atoms with E-state index in [1.807, 2.05) is 32.0 Å². The van der Waals surface area contributed by atoms with Gasteiger partial charge in [0.2, 0.25) is 0 Å². The van der Waals surface area contributed by atoms with Crippen molar-refractivity contribution in [2.24, 2.45) is 0 Å². The van der Waals surface area contributed by atoms with Crippen molar-refractivity contribution in [1.82, 2.24) is 13.9 Å². The zero-order valence-corrected chi connectivity index (χ0v) is 24.2. The SMILES string of the molecule is CC1(c2cnc(-c3cc(Oc4c(F)cc5c(ccn5SF)c4F)ccc3F)[nH]2)COc2c(CC=O)cccc21.CCOC. The first-order chi connectivity index (χ1) is 20.7. The summed E-state index contributed by atoms with van der Waals surface area (Å²) in [5.74, 6) is -2.57. The molecule has 3 aromatic carbocycles. The molecule has 3 heterocycles. The summed E-state index contributed by atoms with van der Waals surface area (Å²) in [6, 6.07) is 11.5. The Labute approximate surface area is 249 Å². The van der Waals surface area contributed by atoms with Gasteiger partial charge in [0.05, 0.1) is 16.5 Å². The molecule has 0 amide bonds. The van der Waals surface area contributed by atoms with Gasteiger partial charge >= 0.3 is 0 Å². The van der Waals surface area contributed by atoms with Gasteiger partial charge in [-0.2, -0.15) is 0 Å². The molecule has 0 saturated carbocycles. The van der Waals surface area contributed by atoms with E-state index in [4.69, 9.17) is 9.47 Å². The Hall–Kier alpha value is -4.29. The van der Waals surface area contributed by atoms with Crippen LogP contribution in [-0.4, -0.2) is 40.6 Å². The highest BCUT2D eigenvalue weighted by molar-refractivity contribution is 7.92. The standard InChI is InChI=1S/C28H19F4N3O3S.C3H8O/c1-28(14-37-25-15(8-10-36)3-2-4-19(25)28)23-13-33-27(34-23)18-11-16(5-6-20(18)29)38-26-21(30)12-22-17(24(26)31)7-9-35(22)39-32;1-3-4-2/h2-7,9-13H,8,14H2,1H3,(H,33,34);3H2,1-2H3. The van der Waals surface area contributed by atoms with Crippen LogP contribution in [0.4, 0.5) is 17.1 Å². The zero-order valence-electron chi connectivity index (χ0n) is 23.4. The number of ether oxygens (including phenoxy) is 3. The molecule has 43 heavy (non-hydrogen) atoms. The number of H-pyrrole nitrogens is 1. The number of aromatic amines is 1. The van der Waals surface area contributed by atoms with Gasteiger partial charge in [-0.3, -0.25) is 3.97 Å². The Bertz CT molecular complexity index is 1790. The average molecular weight is 614 g/mol. The first-order valence-electron chi connectivity index (χ1n) is 13.2. The van der Waals surface area contributed by atoms with Gasteiger partial charge in [-0.15, -0.1) is 3.89 Å². The molecule has 0 radical (unpaired) electrons. The first-order valence-corrected chi connectivity index (χ1v) is 13.9. The smallest absolute Gasteiger partial charge is 0.199 e. The average Bonchev–Trinajstić information content (AvgIpc) is 3.75. The second kappa shape index (κ2) is 12.5. The number of halogens is 4. The minimum Gasteiger partial charge on any atom is -0.492 e. The van der Waals surface area contributed by atoms with E-state index in [0.29, 0.717) is 11.4 Å². The van der Waals surface area contributed by atoms with Crippen molar-refractivity contribution in [1.29, 1.82) is 0 Å². The number of fused-ring (bicyclic) bond motifs is 2. The summed E-state index contributed by atoms with van der Waals surface area (Å²) in [5, 5.41) is -0.0295. The van der Waals surface area contributed by atoms with Crippen LogP contribution in [0, 0.1) is 17.5 Å². The molecule has 7 nitrogen and oxygen atoms in total. The van der Waals surface area contributed by atoms with E-state index >= 15 is 4.39 Å². The van der Waals surface area contributed by atoms with Gasteiger partial charge in [0.25, 0.3) is 0 Å². The van der Waals surface area contributed by atoms with E-state index in [1.165, 1.54) is 24.4 Å². The van der Waals surface area contributed by atoms with E-state index < -0.39 is 28.6 Å². The first kappa shape index (κ1) is 30.2. The lowest BCUT2D eigenvalue weighted by atomic mass is 9.81. The Kier molecular flexibility index (Phi) is 8.79. The Morgan fingerprint density at radius 3 is 2.67 bits per heavy atom. The lowest BCUT2D eigenvalue weighted by molar-refractivity contribution is -0.107. The number of rotatable bonds is 8. The maximum atomic E-state index is 15.1. The number of imidazole rings is 1. The molecule has 0 aliphatic carbocycles. The molecule has 12 heteroatoms. The molecule has 1 unspecified atom stereocenters. The highest BCUT2D eigenvalue weighted by atomic mass is 32.2. The van der Waals surface area contributed by atoms with Crippen LogP contribution >= 0.6 is 12.3 Å². The Morgan fingerprint density at radius 2 is 1.95 bits per heavy atom. The highest BCUT2D eigenvalue weighted by Crippen LogP contribution is 2.45. The van der Waals surface area contributed by atoms with Crippen molar-refractivity contribution in [3.8, 4) is 28.6 Å². The van der Waals surface area contributed by atoms with Gasteiger partial charge in [0.15, 0.2) is 29.7 Å². The third-order valence-electron chi connectivity index (χ3n) is 7.25. The zero-order chi connectivity index (χ0) is 30.7. The summed E-state index contributed by atoms with van der Waals surface area (Å²) in [4.78, 5) is 18.6. The molecule has 6 rings (SSSR count). The van der Waals surface area contributed by atoms with Gasteiger partial charge in [0, 0.05) is 60.8 Å². The molecule has 1 aliphatic rings. The maximum absolute atomic E-state index is 15.1. The minimum absolute atomic E-state index is 0.0111. The predicted octanol–water partition coefficient (Wildman–Crippen LogP) is 7.71. The van der Waals surface area contributed by atoms with Crippen molar-refractivity contribution in [2.45, 2.75) is 25.7 Å². The van der Waals surface area contributed by atoms with Crippen molar-refractivity contribution in [3.63, 3.8) is 0 Å². The number of methoxy groups -OCH3 is 1. The van der Waals surface area contributed by atoms with Crippen LogP contribution in [0.15, 0.2) is 60.9 Å². The number of para-hydroxylation sites is 1. The van der Waals surface area contributed by atoms with Gasteiger partial charge in [0.1, 0.15) is 36.0 Å². The number of nitrogens with one attached hydrogen (secondary N) is 1. The maximum Gasteiger partial charge on any atom is 0.199 e.